The fourth-order valence-corrected chi connectivity index (χ4v) is 7.16. The summed E-state index contributed by atoms with van der Waals surface area (Å²) in [5.41, 5.74) is 3.64. The van der Waals surface area contributed by atoms with Gasteiger partial charge in [-0.05, 0) is 48.4 Å². The molecule has 0 amide bonds. The van der Waals surface area contributed by atoms with Gasteiger partial charge in [-0.1, -0.05) is 62.4 Å². The van der Waals surface area contributed by atoms with Crippen LogP contribution in [0.5, 0.6) is 34.5 Å². The van der Waals surface area contributed by atoms with E-state index in [4.69, 9.17) is 18.5 Å². The number of benzene rings is 4. The molecule has 4 aromatic rings. The lowest BCUT2D eigenvalue weighted by atomic mass is 9.64. The molecule has 180 valence electrons. The Morgan fingerprint density at radius 1 is 0.639 bits per heavy atom. The Bertz CT molecular complexity index is 1480. The summed E-state index contributed by atoms with van der Waals surface area (Å²) < 4.78 is 29.0. The molecule has 0 aliphatic carbocycles. The first-order valence-corrected chi connectivity index (χ1v) is 13.6. The van der Waals surface area contributed by atoms with Crippen molar-refractivity contribution in [1.82, 2.24) is 4.67 Å². The van der Waals surface area contributed by atoms with Crippen LogP contribution in [-0.2, 0) is 11.8 Å². The molecule has 0 N–H and O–H groups in total. The molecule has 3 aliphatic rings. The molecule has 1 spiro atoms. The number of hydrogen-bond donors (Lipinski definition) is 0. The summed E-state index contributed by atoms with van der Waals surface area (Å²) in [6, 6.07) is 28.8. The summed E-state index contributed by atoms with van der Waals surface area (Å²) in [5.74, 6) is 4.89. The SMILES string of the molecule is CCN(CC)P1Oc2cccc3c2[C@]2(Cc4ccccc4O3)c3ccccc3Oc3cccc(c32)O1. The molecule has 2 atom stereocenters. The van der Waals surface area contributed by atoms with Crippen molar-refractivity contribution in [2.45, 2.75) is 25.7 Å². The van der Waals surface area contributed by atoms with Crippen LogP contribution in [0.3, 0.4) is 0 Å². The Balaban J connectivity index is 1.62. The van der Waals surface area contributed by atoms with Gasteiger partial charge >= 0.3 is 8.53 Å². The lowest BCUT2D eigenvalue weighted by Gasteiger charge is -2.44. The van der Waals surface area contributed by atoms with Crippen molar-refractivity contribution in [1.29, 1.82) is 0 Å². The molecule has 7 rings (SSSR count). The van der Waals surface area contributed by atoms with Crippen LogP contribution in [0.1, 0.15) is 36.1 Å². The molecule has 3 heterocycles. The minimum absolute atomic E-state index is 0.621. The van der Waals surface area contributed by atoms with Crippen molar-refractivity contribution in [3.05, 3.63) is 107 Å². The highest BCUT2D eigenvalue weighted by Crippen LogP contribution is 2.64. The monoisotopic (exact) mass is 495 g/mol. The average Bonchev–Trinajstić information content (AvgIpc) is 3.04. The number of ether oxygens (including phenoxy) is 2. The van der Waals surface area contributed by atoms with E-state index in [1.807, 2.05) is 54.6 Å². The zero-order chi connectivity index (χ0) is 24.3. The Morgan fingerprint density at radius 2 is 1.17 bits per heavy atom. The summed E-state index contributed by atoms with van der Waals surface area (Å²) in [7, 11) is -1.39. The van der Waals surface area contributed by atoms with E-state index < -0.39 is 13.9 Å². The molecule has 36 heavy (non-hydrogen) atoms. The Morgan fingerprint density at radius 3 is 1.83 bits per heavy atom. The van der Waals surface area contributed by atoms with Gasteiger partial charge in [0.1, 0.15) is 34.5 Å². The van der Waals surface area contributed by atoms with Crippen LogP contribution in [0.2, 0.25) is 0 Å². The fourth-order valence-electron chi connectivity index (χ4n) is 5.79. The normalized spacial score (nSPS) is 20.5. The molecule has 0 bridgehead atoms. The maximum Gasteiger partial charge on any atom is 0.384 e. The summed E-state index contributed by atoms with van der Waals surface area (Å²) in [6.45, 7) is 5.90. The van der Waals surface area contributed by atoms with Crippen LogP contribution in [0.25, 0.3) is 0 Å². The van der Waals surface area contributed by atoms with E-state index in [0.29, 0.717) is 6.42 Å². The van der Waals surface area contributed by atoms with Crippen LogP contribution in [-0.4, -0.2) is 17.8 Å². The van der Waals surface area contributed by atoms with E-state index in [0.717, 1.165) is 69.8 Å². The van der Waals surface area contributed by atoms with Gasteiger partial charge in [0.05, 0.1) is 16.5 Å². The van der Waals surface area contributed by atoms with Crippen molar-refractivity contribution in [3.8, 4) is 34.5 Å². The topological polar surface area (TPSA) is 40.2 Å². The molecule has 0 fully saturated rings. The predicted octanol–water partition coefficient (Wildman–Crippen LogP) is 7.82. The summed E-state index contributed by atoms with van der Waals surface area (Å²) in [6.07, 6.45) is 0.688. The van der Waals surface area contributed by atoms with Gasteiger partial charge in [-0.25, -0.2) is 4.67 Å². The van der Waals surface area contributed by atoms with E-state index >= 15 is 0 Å². The highest BCUT2D eigenvalue weighted by Gasteiger charge is 2.52. The van der Waals surface area contributed by atoms with E-state index in [2.05, 4.69) is 48.8 Å². The van der Waals surface area contributed by atoms with Crippen LogP contribution >= 0.6 is 8.53 Å². The van der Waals surface area contributed by atoms with Gasteiger partial charge in [-0.15, -0.1) is 0 Å². The van der Waals surface area contributed by atoms with Crippen LogP contribution in [0, 0.1) is 0 Å². The van der Waals surface area contributed by atoms with Crippen molar-refractivity contribution in [3.63, 3.8) is 0 Å². The standard InChI is InChI=1S/C30H26NO4P/c1-3-31(4-2)36-34-26-17-9-15-24-28(26)30(19-20-11-5-7-13-22(20)32-24)21-12-6-8-14-23(21)33-25-16-10-18-27(35-36)29(25)30/h5-18H,3-4,19H2,1-2H3/t30-,36?/m0/s1. The molecule has 6 heteroatoms. The Hall–Kier alpha value is -3.53. The molecule has 4 aromatic carbocycles. The molecule has 0 aromatic heterocycles. The third-order valence-corrected chi connectivity index (χ3v) is 9.09. The second kappa shape index (κ2) is 8.26. The van der Waals surface area contributed by atoms with Gasteiger partial charge in [0.15, 0.2) is 0 Å². The second-order valence-electron chi connectivity index (χ2n) is 9.21. The van der Waals surface area contributed by atoms with Gasteiger partial charge < -0.3 is 18.5 Å². The number of fused-ring (bicyclic) bond motifs is 2. The first kappa shape index (κ1) is 21.7. The van der Waals surface area contributed by atoms with Crippen LogP contribution in [0.15, 0.2) is 84.9 Å². The van der Waals surface area contributed by atoms with E-state index in [1.165, 1.54) is 0 Å². The second-order valence-corrected chi connectivity index (χ2v) is 10.6. The average molecular weight is 496 g/mol. The lowest BCUT2D eigenvalue weighted by molar-refractivity contribution is 0.344. The van der Waals surface area contributed by atoms with Gasteiger partial charge in [-0.3, -0.25) is 0 Å². The number of nitrogens with zero attached hydrogens (tertiary/aromatic N) is 1. The first-order chi connectivity index (χ1) is 17.7. The van der Waals surface area contributed by atoms with Crippen LogP contribution in [0.4, 0.5) is 0 Å². The number of para-hydroxylation sites is 2. The van der Waals surface area contributed by atoms with Crippen molar-refractivity contribution in [2.24, 2.45) is 0 Å². The van der Waals surface area contributed by atoms with Crippen molar-refractivity contribution >= 4 is 8.53 Å². The molecule has 0 saturated carbocycles. The molecule has 5 nitrogen and oxygen atoms in total. The summed E-state index contributed by atoms with van der Waals surface area (Å²) in [4.78, 5) is 0. The van der Waals surface area contributed by atoms with E-state index in [9.17, 15) is 0 Å². The Kier molecular flexibility index (Phi) is 4.99. The predicted molar refractivity (Wildman–Crippen MR) is 141 cm³/mol. The highest BCUT2D eigenvalue weighted by molar-refractivity contribution is 7.45. The minimum Gasteiger partial charge on any atom is -0.457 e. The molecule has 0 radical (unpaired) electrons. The molecule has 1 unspecified atom stereocenters. The fraction of sp³-hybridized carbons (Fsp3) is 0.200. The van der Waals surface area contributed by atoms with Gasteiger partial charge in [0, 0.05) is 18.7 Å². The quantitative estimate of drug-likeness (QED) is 0.271. The number of hydrogen-bond acceptors (Lipinski definition) is 5. The van der Waals surface area contributed by atoms with Crippen molar-refractivity contribution in [2.75, 3.05) is 13.1 Å². The summed E-state index contributed by atoms with van der Waals surface area (Å²) in [5, 5.41) is 0. The maximum absolute atomic E-state index is 6.79. The first-order valence-electron chi connectivity index (χ1n) is 12.4. The third kappa shape index (κ3) is 3.03. The lowest BCUT2D eigenvalue weighted by Crippen LogP contribution is -2.37. The maximum atomic E-state index is 6.79. The molecular weight excluding hydrogens is 469 g/mol. The Labute approximate surface area is 212 Å². The van der Waals surface area contributed by atoms with E-state index in [1.54, 1.807) is 0 Å². The highest BCUT2D eigenvalue weighted by atomic mass is 31.2. The molecule has 0 saturated heterocycles. The minimum atomic E-state index is -1.39. The largest absolute Gasteiger partial charge is 0.457 e. The van der Waals surface area contributed by atoms with Crippen molar-refractivity contribution < 1.29 is 18.5 Å². The smallest absolute Gasteiger partial charge is 0.384 e. The van der Waals surface area contributed by atoms with Crippen LogP contribution < -0.4 is 18.5 Å². The third-order valence-electron chi connectivity index (χ3n) is 7.36. The molecular formula is C30H26NO4P. The zero-order valence-electron chi connectivity index (χ0n) is 20.2. The van der Waals surface area contributed by atoms with Gasteiger partial charge in [0.2, 0.25) is 0 Å². The number of rotatable bonds is 3. The van der Waals surface area contributed by atoms with Gasteiger partial charge in [-0.2, -0.15) is 0 Å². The zero-order valence-corrected chi connectivity index (χ0v) is 21.1. The molecule has 3 aliphatic heterocycles. The van der Waals surface area contributed by atoms with E-state index in [-0.39, 0.29) is 0 Å². The summed E-state index contributed by atoms with van der Waals surface area (Å²) >= 11 is 0. The van der Waals surface area contributed by atoms with Gasteiger partial charge in [0.25, 0.3) is 0 Å².